The highest BCUT2D eigenvalue weighted by atomic mass is 35.5. The molecule has 0 heterocycles. The summed E-state index contributed by atoms with van der Waals surface area (Å²) >= 11 is 5.90. The van der Waals surface area contributed by atoms with Crippen LogP contribution in [0.1, 0.15) is 17.2 Å². The van der Waals surface area contributed by atoms with E-state index in [1.165, 1.54) is 25.3 Å². The van der Waals surface area contributed by atoms with Crippen LogP contribution in [-0.2, 0) is 6.42 Å². The Bertz CT molecular complexity index is 617. The molecular weight excluding hydrogens is 298 g/mol. The molecule has 2 aromatic rings. The fraction of sp³-hybridized carbons (Fsp3) is 0.200. The average Bonchev–Trinajstić information content (AvgIpc) is 2.47. The van der Waals surface area contributed by atoms with Gasteiger partial charge in [-0.1, -0.05) is 23.7 Å². The predicted molar refractivity (Wildman–Crippen MR) is 78.1 cm³/mol. The Kier molecular flexibility index (Phi) is 5.12. The van der Waals surface area contributed by atoms with Gasteiger partial charge in [-0.05, 0) is 30.7 Å². The van der Waals surface area contributed by atoms with Crippen molar-refractivity contribution in [3.63, 3.8) is 0 Å². The molecule has 21 heavy (non-hydrogen) atoms. The molecule has 0 fully saturated rings. The largest absolute Gasteiger partial charge is 0.496 e. The van der Waals surface area contributed by atoms with Crippen molar-refractivity contribution in [3.05, 3.63) is 64.2 Å². The number of ether oxygens (including phenoxy) is 1. The summed E-state index contributed by atoms with van der Waals surface area (Å²) in [5.74, 6) is 4.82. The maximum absolute atomic E-state index is 13.7. The molecule has 0 aromatic heterocycles. The first-order valence-electron chi connectivity index (χ1n) is 6.29. The summed E-state index contributed by atoms with van der Waals surface area (Å²) in [7, 11) is 1.49. The lowest BCUT2D eigenvalue weighted by Gasteiger charge is -2.20. The van der Waals surface area contributed by atoms with E-state index >= 15 is 0 Å². The van der Waals surface area contributed by atoms with Crippen molar-refractivity contribution in [2.75, 3.05) is 7.11 Å². The van der Waals surface area contributed by atoms with Crippen LogP contribution in [-0.4, -0.2) is 7.11 Å². The molecule has 3 nitrogen and oxygen atoms in total. The lowest BCUT2D eigenvalue weighted by Crippen LogP contribution is -2.30. The number of halogens is 3. The molecule has 0 saturated carbocycles. The van der Waals surface area contributed by atoms with Gasteiger partial charge in [-0.25, -0.2) is 8.78 Å². The number of hydrogen-bond donors (Lipinski definition) is 2. The summed E-state index contributed by atoms with van der Waals surface area (Å²) in [6, 6.07) is 8.24. The third-order valence-electron chi connectivity index (χ3n) is 3.24. The molecular formula is C15H15ClF2N2O. The van der Waals surface area contributed by atoms with Gasteiger partial charge in [0.25, 0.3) is 0 Å². The van der Waals surface area contributed by atoms with E-state index < -0.39 is 17.7 Å². The molecule has 0 aliphatic heterocycles. The predicted octanol–water partition coefficient (Wildman–Crippen LogP) is 3.37. The van der Waals surface area contributed by atoms with Crippen LogP contribution < -0.4 is 16.0 Å². The number of hydrogen-bond acceptors (Lipinski definition) is 3. The Hall–Kier alpha value is -1.69. The molecule has 0 amide bonds. The fourth-order valence-corrected chi connectivity index (χ4v) is 2.33. The summed E-state index contributed by atoms with van der Waals surface area (Å²) in [6.07, 6.45) is 0.0486. The van der Waals surface area contributed by atoms with Crippen molar-refractivity contribution in [1.29, 1.82) is 0 Å². The van der Waals surface area contributed by atoms with Crippen LogP contribution in [0.15, 0.2) is 36.4 Å². The van der Waals surface area contributed by atoms with Crippen LogP contribution in [0.25, 0.3) is 0 Å². The standard InChI is InChI=1S/C15H15ClF2N2O/c1-21-15-7-9(16)5-6-10(15)14(20-19)8-11-12(17)3-2-4-13(11)18/h2-7,14,20H,8,19H2,1H3. The van der Waals surface area contributed by atoms with Gasteiger partial charge in [-0.2, -0.15) is 0 Å². The van der Waals surface area contributed by atoms with Gasteiger partial charge in [0.1, 0.15) is 17.4 Å². The van der Waals surface area contributed by atoms with Gasteiger partial charge in [-0.15, -0.1) is 0 Å². The normalized spacial score (nSPS) is 12.2. The maximum atomic E-state index is 13.7. The second-order valence-corrected chi connectivity index (χ2v) is 4.95. The number of nitrogens with two attached hydrogens (primary N) is 1. The molecule has 1 unspecified atom stereocenters. The Balaban J connectivity index is 2.37. The quantitative estimate of drug-likeness (QED) is 0.657. The smallest absolute Gasteiger partial charge is 0.129 e. The van der Waals surface area contributed by atoms with E-state index in [4.69, 9.17) is 22.2 Å². The highest BCUT2D eigenvalue weighted by molar-refractivity contribution is 6.30. The highest BCUT2D eigenvalue weighted by Gasteiger charge is 2.19. The lowest BCUT2D eigenvalue weighted by molar-refractivity contribution is 0.397. The van der Waals surface area contributed by atoms with Crippen molar-refractivity contribution in [1.82, 2.24) is 5.43 Å². The Morgan fingerprint density at radius 2 is 1.90 bits per heavy atom. The minimum Gasteiger partial charge on any atom is -0.496 e. The van der Waals surface area contributed by atoms with Crippen molar-refractivity contribution < 1.29 is 13.5 Å². The zero-order valence-electron chi connectivity index (χ0n) is 11.4. The van der Waals surface area contributed by atoms with Gasteiger partial charge in [0.2, 0.25) is 0 Å². The first-order valence-corrected chi connectivity index (χ1v) is 6.67. The lowest BCUT2D eigenvalue weighted by atomic mass is 9.98. The maximum Gasteiger partial charge on any atom is 0.129 e. The number of benzene rings is 2. The molecule has 0 saturated heterocycles. The van der Waals surface area contributed by atoms with E-state index in [1.54, 1.807) is 18.2 Å². The molecule has 6 heteroatoms. The van der Waals surface area contributed by atoms with Gasteiger partial charge in [0.05, 0.1) is 13.2 Å². The van der Waals surface area contributed by atoms with Gasteiger partial charge < -0.3 is 4.74 Å². The average molecular weight is 313 g/mol. The topological polar surface area (TPSA) is 47.3 Å². The van der Waals surface area contributed by atoms with E-state index in [0.717, 1.165) is 0 Å². The fourth-order valence-electron chi connectivity index (χ4n) is 2.16. The van der Waals surface area contributed by atoms with E-state index in [2.05, 4.69) is 5.43 Å². The summed E-state index contributed by atoms with van der Waals surface area (Å²) in [5.41, 5.74) is 3.20. The van der Waals surface area contributed by atoms with E-state index in [9.17, 15) is 8.78 Å². The molecule has 2 aromatic carbocycles. The summed E-state index contributed by atoms with van der Waals surface area (Å²) in [6.45, 7) is 0. The van der Waals surface area contributed by atoms with Crippen molar-refractivity contribution >= 4 is 11.6 Å². The van der Waals surface area contributed by atoms with E-state index in [1.807, 2.05) is 0 Å². The first kappa shape index (κ1) is 15.7. The first-order chi connectivity index (χ1) is 10.1. The van der Waals surface area contributed by atoms with Crippen molar-refractivity contribution in [2.45, 2.75) is 12.5 Å². The Labute approximate surface area is 126 Å². The molecule has 0 aliphatic carbocycles. The molecule has 112 valence electrons. The summed E-state index contributed by atoms with van der Waals surface area (Å²) < 4.78 is 32.7. The zero-order chi connectivity index (χ0) is 15.4. The zero-order valence-corrected chi connectivity index (χ0v) is 12.1. The molecule has 2 rings (SSSR count). The van der Waals surface area contributed by atoms with Crippen molar-refractivity contribution in [2.24, 2.45) is 5.84 Å². The van der Waals surface area contributed by atoms with Crippen LogP contribution >= 0.6 is 11.6 Å². The van der Waals surface area contributed by atoms with E-state index in [-0.39, 0.29) is 12.0 Å². The SMILES string of the molecule is COc1cc(Cl)ccc1C(Cc1c(F)cccc1F)NN. The third-order valence-corrected chi connectivity index (χ3v) is 3.48. The van der Waals surface area contributed by atoms with E-state index in [0.29, 0.717) is 16.3 Å². The molecule has 1 atom stereocenters. The third kappa shape index (κ3) is 3.50. The highest BCUT2D eigenvalue weighted by Crippen LogP contribution is 2.31. The molecule has 0 radical (unpaired) electrons. The molecule has 0 spiro atoms. The van der Waals surface area contributed by atoms with Gasteiger partial charge in [0.15, 0.2) is 0 Å². The Morgan fingerprint density at radius 1 is 1.24 bits per heavy atom. The van der Waals surface area contributed by atoms with Crippen LogP contribution in [0.2, 0.25) is 5.02 Å². The Morgan fingerprint density at radius 3 is 2.48 bits per heavy atom. The van der Waals surface area contributed by atoms with Crippen LogP contribution in [0.5, 0.6) is 5.75 Å². The molecule has 3 N–H and O–H groups in total. The number of rotatable bonds is 5. The number of nitrogens with one attached hydrogen (secondary N) is 1. The summed E-state index contributed by atoms with van der Waals surface area (Å²) in [5, 5.41) is 0.503. The monoisotopic (exact) mass is 312 g/mol. The molecule has 0 bridgehead atoms. The van der Waals surface area contributed by atoms with Gasteiger partial charge in [0, 0.05) is 16.1 Å². The number of methoxy groups -OCH3 is 1. The van der Waals surface area contributed by atoms with Gasteiger partial charge in [-0.3, -0.25) is 11.3 Å². The molecule has 0 aliphatic rings. The second-order valence-electron chi connectivity index (χ2n) is 4.51. The van der Waals surface area contributed by atoms with Crippen LogP contribution in [0, 0.1) is 11.6 Å². The van der Waals surface area contributed by atoms with Crippen LogP contribution in [0.3, 0.4) is 0 Å². The summed E-state index contributed by atoms with van der Waals surface area (Å²) in [4.78, 5) is 0. The minimum atomic E-state index is -0.608. The minimum absolute atomic E-state index is 0.0301. The second kappa shape index (κ2) is 6.85. The van der Waals surface area contributed by atoms with Crippen molar-refractivity contribution in [3.8, 4) is 5.75 Å². The number of hydrazine groups is 1. The van der Waals surface area contributed by atoms with Crippen LogP contribution in [0.4, 0.5) is 8.78 Å². The van der Waals surface area contributed by atoms with Gasteiger partial charge >= 0.3 is 0 Å².